The van der Waals surface area contributed by atoms with Gasteiger partial charge in [0.15, 0.2) is 6.29 Å². The Morgan fingerprint density at radius 2 is 1.50 bits per heavy atom. The van der Waals surface area contributed by atoms with E-state index in [1.807, 2.05) is 13.8 Å². The lowest BCUT2D eigenvalue weighted by molar-refractivity contribution is -0.163. The molecule has 0 heterocycles. The van der Waals surface area contributed by atoms with Crippen molar-refractivity contribution < 1.29 is 9.47 Å². The Morgan fingerprint density at radius 1 is 1.08 bits per heavy atom. The van der Waals surface area contributed by atoms with Crippen LogP contribution in [0.15, 0.2) is 0 Å². The van der Waals surface area contributed by atoms with Gasteiger partial charge in [-0.15, -0.1) is 0 Å². The van der Waals surface area contributed by atoms with Crippen LogP contribution in [-0.4, -0.2) is 29.7 Å². The highest BCUT2D eigenvalue weighted by Gasteiger charge is 2.20. The maximum Gasteiger partial charge on any atom is 0.160 e. The van der Waals surface area contributed by atoms with Gasteiger partial charge in [0, 0.05) is 29.4 Å². The van der Waals surface area contributed by atoms with Gasteiger partial charge in [-0.3, -0.25) is 0 Å². The van der Waals surface area contributed by atoms with E-state index in [4.69, 9.17) is 9.47 Å². The number of ether oxygens (including phenoxy) is 2. The van der Waals surface area contributed by atoms with Gasteiger partial charge in [0.2, 0.25) is 0 Å². The van der Waals surface area contributed by atoms with Crippen molar-refractivity contribution in [3.8, 4) is 0 Å². The molecule has 2 atom stereocenters. The molecule has 0 radical (unpaired) electrons. The first-order valence-electron chi connectivity index (χ1n) is 4.86. The minimum atomic E-state index is 0.00694. The molecule has 0 rings (SSSR count). The summed E-state index contributed by atoms with van der Waals surface area (Å²) < 4.78 is 11.0. The summed E-state index contributed by atoms with van der Waals surface area (Å²) in [5, 5.41) is 0. The minimum absolute atomic E-state index is 0.00694. The van der Waals surface area contributed by atoms with Gasteiger partial charge in [0.05, 0.1) is 0 Å². The van der Waals surface area contributed by atoms with Crippen molar-refractivity contribution in [3.63, 3.8) is 0 Å². The topological polar surface area (TPSA) is 18.5 Å². The van der Waals surface area contributed by atoms with Crippen LogP contribution in [0.5, 0.6) is 0 Å². The Morgan fingerprint density at radius 3 is 1.75 bits per heavy atom. The predicted molar refractivity (Wildman–Crippen MR) is 55.6 cm³/mol. The van der Waals surface area contributed by atoms with Crippen LogP contribution in [0.4, 0.5) is 0 Å². The van der Waals surface area contributed by atoms with E-state index in [0.29, 0.717) is 5.92 Å². The minimum Gasteiger partial charge on any atom is -0.353 e. The third-order valence-corrected chi connectivity index (χ3v) is 3.19. The van der Waals surface area contributed by atoms with Crippen molar-refractivity contribution in [1.82, 2.24) is 0 Å². The van der Waals surface area contributed by atoms with E-state index < -0.39 is 0 Å². The molecule has 0 fully saturated rings. The van der Waals surface area contributed by atoms with Crippen LogP contribution in [0.2, 0.25) is 5.54 Å². The lowest BCUT2D eigenvalue weighted by Gasteiger charge is -2.26. The zero-order chi connectivity index (χ0) is 9.56. The molecule has 0 saturated heterocycles. The number of hydrogen-bond acceptors (Lipinski definition) is 2. The van der Waals surface area contributed by atoms with E-state index >= 15 is 0 Å². The summed E-state index contributed by atoms with van der Waals surface area (Å²) in [7, 11) is 1.20. The molecule has 3 heteroatoms. The molecular formula is C9H22O2Si. The van der Waals surface area contributed by atoms with Gasteiger partial charge in [0.1, 0.15) is 0 Å². The van der Waals surface area contributed by atoms with Crippen molar-refractivity contribution >= 4 is 10.2 Å². The zero-order valence-corrected chi connectivity index (χ0v) is 11.0. The second-order valence-electron chi connectivity index (χ2n) is 3.38. The van der Waals surface area contributed by atoms with Crippen LogP contribution in [0.1, 0.15) is 27.7 Å². The van der Waals surface area contributed by atoms with Gasteiger partial charge in [-0.25, -0.2) is 0 Å². The van der Waals surface area contributed by atoms with Crippen LogP contribution >= 0.6 is 0 Å². The Balaban J connectivity index is 3.89. The van der Waals surface area contributed by atoms with Gasteiger partial charge in [-0.1, -0.05) is 19.4 Å². The van der Waals surface area contributed by atoms with Crippen LogP contribution in [0.3, 0.4) is 0 Å². The van der Waals surface area contributed by atoms with Crippen molar-refractivity contribution in [2.45, 2.75) is 39.5 Å². The van der Waals surface area contributed by atoms with Crippen LogP contribution < -0.4 is 0 Å². The average Bonchev–Trinajstić information content (AvgIpc) is 2.03. The molecule has 0 aliphatic carbocycles. The first kappa shape index (κ1) is 12.1. The van der Waals surface area contributed by atoms with E-state index in [2.05, 4.69) is 13.8 Å². The molecule has 0 aromatic heterocycles. The summed E-state index contributed by atoms with van der Waals surface area (Å²) in [6.07, 6.45) is 0.00694. The van der Waals surface area contributed by atoms with Gasteiger partial charge < -0.3 is 9.47 Å². The molecular weight excluding hydrogens is 168 g/mol. The fourth-order valence-electron chi connectivity index (χ4n) is 0.994. The fraction of sp³-hybridized carbons (Fsp3) is 1.00. The lowest BCUT2D eigenvalue weighted by Crippen LogP contribution is -2.27. The Bertz CT molecular complexity index is 101. The monoisotopic (exact) mass is 190 g/mol. The largest absolute Gasteiger partial charge is 0.353 e. The Labute approximate surface area is 79.1 Å². The van der Waals surface area contributed by atoms with E-state index in [9.17, 15) is 0 Å². The van der Waals surface area contributed by atoms with Crippen LogP contribution in [0.25, 0.3) is 0 Å². The van der Waals surface area contributed by atoms with Crippen LogP contribution in [0, 0.1) is 5.92 Å². The summed E-state index contributed by atoms with van der Waals surface area (Å²) >= 11 is 0. The molecule has 74 valence electrons. The van der Waals surface area contributed by atoms with Gasteiger partial charge in [0.25, 0.3) is 0 Å². The molecule has 0 aromatic carbocycles. The quantitative estimate of drug-likeness (QED) is 0.463. The third-order valence-electron chi connectivity index (χ3n) is 2.14. The molecule has 0 aromatic rings. The molecule has 0 bridgehead atoms. The van der Waals surface area contributed by atoms with Crippen molar-refractivity contribution in [2.24, 2.45) is 5.92 Å². The summed E-state index contributed by atoms with van der Waals surface area (Å²) in [6, 6.07) is 0. The smallest absolute Gasteiger partial charge is 0.160 e. The van der Waals surface area contributed by atoms with Crippen molar-refractivity contribution in [1.29, 1.82) is 0 Å². The second-order valence-corrected chi connectivity index (χ2v) is 5.20. The maximum absolute atomic E-state index is 5.51. The summed E-state index contributed by atoms with van der Waals surface area (Å²) in [4.78, 5) is 0. The van der Waals surface area contributed by atoms with Gasteiger partial charge in [-0.2, -0.15) is 0 Å². The number of rotatable bonds is 6. The average molecular weight is 190 g/mol. The molecule has 0 N–H and O–H groups in total. The fourth-order valence-corrected chi connectivity index (χ4v) is 1.31. The predicted octanol–water partition coefficient (Wildman–Crippen LogP) is 1.20. The van der Waals surface area contributed by atoms with E-state index in [-0.39, 0.29) is 6.29 Å². The molecule has 0 aliphatic heterocycles. The van der Waals surface area contributed by atoms with E-state index in [1.54, 1.807) is 0 Å². The highest BCUT2D eigenvalue weighted by Crippen LogP contribution is 2.20. The molecule has 2 unspecified atom stereocenters. The van der Waals surface area contributed by atoms with Crippen molar-refractivity contribution in [3.05, 3.63) is 0 Å². The molecule has 0 amide bonds. The molecule has 0 spiro atoms. The summed E-state index contributed by atoms with van der Waals surface area (Å²) in [5.74, 6) is 0.525. The SMILES string of the molecule is CCOC(OCC)C(C)C(C)[SiH3]. The van der Waals surface area contributed by atoms with E-state index in [1.165, 1.54) is 10.2 Å². The first-order valence-corrected chi connectivity index (χ1v) is 6.02. The number of hydrogen-bond donors (Lipinski definition) is 0. The highest BCUT2D eigenvalue weighted by atomic mass is 28.1. The lowest BCUT2D eigenvalue weighted by atomic mass is 10.1. The maximum atomic E-state index is 5.51. The Hall–Kier alpha value is 0.137. The van der Waals surface area contributed by atoms with Crippen LogP contribution in [-0.2, 0) is 9.47 Å². The summed E-state index contributed by atoms with van der Waals surface area (Å²) in [5.41, 5.74) is 0.744. The Kier molecular flexibility index (Phi) is 6.71. The normalized spacial score (nSPS) is 16.8. The van der Waals surface area contributed by atoms with E-state index in [0.717, 1.165) is 18.8 Å². The van der Waals surface area contributed by atoms with Crippen molar-refractivity contribution in [2.75, 3.05) is 13.2 Å². The highest BCUT2D eigenvalue weighted by molar-refractivity contribution is 6.11. The van der Waals surface area contributed by atoms with Gasteiger partial charge >= 0.3 is 0 Å². The molecule has 12 heavy (non-hydrogen) atoms. The zero-order valence-electron chi connectivity index (χ0n) is 8.96. The standard InChI is InChI=1S/C9H22O2Si/c1-5-10-9(11-6-2)7(3)8(4)12/h7-9H,5-6H2,1-4,12H3. The first-order chi connectivity index (χ1) is 5.63. The second kappa shape index (κ2) is 6.63. The van der Waals surface area contributed by atoms with Gasteiger partial charge in [-0.05, 0) is 13.8 Å². The summed E-state index contributed by atoms with van der Waals surface area (Å²) in [6.45, 7) is 9.95. The third kappa shape index (κ3) is 4.23. The molecule has 2 nitrogen and oxygen atoms in total. The molecule has 0 aliphatic rings. The molecule has 0 saturated carbocycles.